The maximum atomic E-state index is 8.35. The number of rotatable bonds is 2. The van der Waals surface area contributed by atoms with Crippen LogP contribution in [0, 0.1) is 18.3 Å². The molecule has 0 atom stereocenters. The van der Waals surface area contributed by atoms with Gasteiger partial charge in [-0.3, -0.25) is 0 Å². The first kappa shape index (κ1) is 8.33. The summed E-state index contributed by atoms with van der Waals surface area (Å²) in [7, 11) is 0. The molecule has 0 radical (unpaired) electrons. The van der Waals surface area contributed by atoms with Crippen molar-refractivity contribution >= 4 is 19.4 Å². The van der Waals surface area contributed by atoms with E-state index in [1.807, 2.05) is 0 Å². The van der Waals surface area contributed by atoms with Gasteiger partial charge in [0.1, 0.15) is 0 Å². The van der Waals surface area contributed by atoms with Crippen molar-refractivity contribution in [3.8, 4) is 6.07 Å². The quantitative estimate of drug-likeness (QED) is 0.674. The van der Waals surface area contributed by atoms with Crippen LogP contribution in [0.25, 0.3) is 0 Å². The van der Waals surface area contributed by atoms with Gasteiger partial charge < -0.3 is 0 Å². The first-order chi connectivity index (χ1) is 5.33. The molecule has 0 aliphatic rings. The zero-order valence-electron chi connectivity index (χ0n) is 6.37. The number of aryl methyl sites for hydroxylation is 1. The van der Waals surface area contributed by atoms with Crippen molar-refractivity contribution in [3.05, 3.63) is 29.8 Å². The molecule has 1 aromatic rings. The Kier molecular flexibility index (Phi) is 3.16. The van der Waals surface area contributed by atoms with E-state index in [1.165, 1.54) is 10.0 Å². The zero-order valence-corrected chi connectivity index (χ0v) is 8.09. The Morgan fingerprint density at radius 3 is 2.55 bits per heavy atom. The number of hydrogen-bond acceptors (Lipinski definition) is 1. The van der Waals surface area contributed by atoms with Crippen LogP contribution in [0.2, 0.25) is 5.32 Å². The molecule has 1 nitrogen and oxygen atoms in total. The molecule has 0 saturated carbocycles. The summed E-state index contributed by atoms with van der Waals surface area (Å²) < 4.78 is 1.31. The van der Waals surface area contributed by atoms with Crippen molar-refractivity contribution in [2.45, 2.75) is 12.2 Å². The van der Waals surface area contributed by atoms with E-state index in [2.05, 4.69) is 37.3 Å². The van der Waals surface area contributed by atoms with Gasteiger partial charge in [0, 0.05) is 0 Å². The molecule has 0 unspecified atom stereocenters. The van der Waals surface area contributed by atoms with Crippen molar-refractivity contribution < 1.29 is 0 Å². The standard InChI is InChI=1S/C9H9NSe/c1-8-2-4-9(5-3-8)11-7-6-10/h2-5H,7H2,1H3. The van der Waals surface area contributed by atoms with Crippen LogP contribution in [-0.4, -0.2) is 15.0 Å². The van der Waals surface area contributed by atoms with Gasteiger partial charge in [-0.25, -0.2) is 0 Å². The third-order valence-corrected chi connectivity index (χ3v) is 3.17. The van der Waals surface area contributed by atoms with Crippen LogP contribution in [-0.2, 0) is 0 Å². The third kappa shape index (κ3) is 2.76. The summed E-state index contributed by atoms with van der Waals surface area (Å²) in [4.78, 5) is 0. The molecule has 0 heterocycles. The maximum absolute atomic E-state index is 8.35. The number of nitrogens with zero attached hydrogens (tertiary/aromatic N) is 1. The molecule has 2 heteroatoms. The minimum absolute atomic E-state index is 0.350. The first-order valence-corrected chi connectivity index (χ1v) is 5.46. The van der Waals surface area contributed by atoms with Crippen LogP contribution < -0.4 is 4.46 Å². The van der Waals surface area contributed by atoms with Gasteiger partial charge in [-0.05, 0) is 0 Å². The van der Waals surface area contributed by atoms with Crippen molar-refractivity contribution in [2.24, 2.45) is 0 Å². The summed E-state index contributed by atoms with van der Waals surface area (Å²) >= 11 is 0.350. The van der Waals surface area contributed by atoms with Crippen LogP contribution in [0.15, 0.2) is 24.3 Å². The molecular formula is C9H9NSe. The molecule has 0 fully saturated rings. The molecule has 0 aliphatic heterocycles. The Morgan fingerprint density at radius 1 is 1.36 bits per heavy atom. The zero-order chi connectivity index (χ0) is 8.10. The fourth-order valence-electron chi connectivity index (χ4n) is 0.750. The Hall–Kier alpha value is -0.771. The van der Waals surface area contributed by atoms with E-state index in [0.29, 0.717) is 20.3 Å². The fourth-order valence-corrected chi connectivity index (χ4v) is 1.92. The summed E-state index contributed by atoms with van der Waals surface area (Å²) in [5, 5.41) is 9.02. The average molecular weight is 210 g/mol. The molecule has 0 N–H and O–H groups in total. The number of benzene rings is 1. The molecule has 0 aliphatic carbocycles. The normalized spacial score (nSPS) is 9.09. The summed E-state index contributed by atoms with van der Waals surface area (Å²) in [6, 6.07) is 10.5. The van der Waals surface area contributed by atoms with Gasteiger partial charge in [-0.1, -0.05) is 0 Å². The molecule has 0 spiro atoms. The van der Waals surface area contributed by atoms with Gasteiger partial charge in [0.15, 0.2) is 0 Å². The first-order valence-electron chi connectivity index (χ1n) is 3.39. The second-order valence-corrected chi connectivity index (χ2v) is 4.46. The summed E-state index contributed by atoms with van der Waals surface area (Å²) in [6.07, 6.45) is 0. The van der Waals surface area contributed by atoms with E-state index in [1.54, 1.807) is 0 Å². The van der Waals surface area contributed by atoms with Crippen molar-refractivity contribution in [1.29, 1.82) is 5.26 Å². The Bertz CT molecular complexity index is 258. The second kappa shape index (κ2) is 4.18. The van der Waals surface area contributed by atoms with Crippen LogP contribution in [0.5, 0.6) is 0 Å². The molecule has 1 aromatic carbocycles. The second-order valence-electron chi connectivity index (χ2n) is 2.26. The average Bonchev–Trinajstić information content (AvgIpc) is 2.04. The van der Waals surface area contributed by atoms with Gasteiger partial charge in [-0.2, -0.15) is 0 Å². The van der Waals surface area contributed by atoms with E-state index in [0.717, 1.165) is 0 Å². The molecule has 56 valence electrons. The molecule has 0 amide bonds. The van der Waals surface area contributed by atoms with E-state index in [4.69, 9.17) is 5.26 Å². The summed E-state index contributed by atoms with van der Waals surface area (Å²) in [6.45, 7) is 2.07. The van der Waals surface area contributed by atoms with Gasteiger partial charge in [0.2, 0.25) is 0 Å². The van der Waals surface area contributed by atoms with Crippen LogP contribution in [0.3, 0.4) is 0 Å². The SMILES string of the molecule is Cc1ccc([Se]CC#N)cc1. The van der Waals surface area contributed by atoms with Gasteiger partial charge in [0.05, 0.1) is 0 Å². The molecule has 0 saturated heterocycles. The topological polar surface area (TPSA) is 23.8 Å². The number of nitriles is 1. The molecular weight excluding hydrogens is 201 g/mol. The van der Waals surface area contributed by atoms with Gasteiger partial charge in [-0.15, -0.1) is 0 Å². The van der Waals surface area contributed by atoms with Crippen molar-refractivity contribution in [2.75, 3.05) is 0 Å². The van der Waals surface area contributed by atoms with Gasteiger partial charge in [0.25, 0.3) is 0 Å². The minimum atomic E-state index is 0.350. The summed E-state index contributed by atoms with van der Waals surface area (Å²) in [5.41, 5.74) is 1.28. The monoisotopic (exact) mass is 211 g/mol. The molecule has 11 heavy (non-hydrogen) atoms. The molecule has 0 bridgehead atoms. The van der Waals surface area contributed by atoms with Gasteiger partial charge >= 0.3 is 72.8 Å². The molecule has 0 aromatic heterocycles. The van der Waals surface area contributed by atoms with Crippen LogP contribution >= 0.6 is 0 Å². The summed E-state index contributed by atoms with van der Waals surface area (Å²) in [5.74, 6) is 0. The van der Waals surface area contributed by atoms with E-state index >= 15 is 0 Å². The fraction of sp³-hybridized carbons (Fsp3) is 0.222. The predicted octanol–water partition coefficient (Wildman–Crippen LogP) is 1.27. The van der Waals surface area contributed by atoms with Crippen molar-refractivity contribution in [3.63, 3.8) is 0 Å². The van der Waals surface area contributed by atoms with E-state index < -0.39 is 0 Å². The van der Waals surface area contributed by atoms with Crippen LogP contribution in [0.1, 0.15) is 5.56 Å². The molecule has 1 rings (SSSR count). The van der Waals surface area contributed by atoms with Crippen LogP contribution in [0.4, 0.5) is 0 Å². The Morgan fingerprint density at radius 2 is 2.00 bits per heavy atom. The van der Waals surface area contributed by atoms with Crippen molar-refractivity contribution in [1.82, 2.24) is 0 Å². The van der Waals surface area contributed by atoms with E-state index in [-0.39, 0.29) is 0 Å². The predicted molar refractivity (Wildman–Crippen MR) is 47.0 cm³/mol. The van der Waals surface area contributed by atoms with E-state index in [9.17, 15) is 0 Å². The number of hydrogen-bond donors (Lipinski definition) is 0. The Labute approximate surface area is 73.2 Å². The Balaban J connectivity index is 2.60. The third-order valence-electron chi connectivity index (χ3n) is 1.32.